The molecule has 5 nitrogen and oxygen atoms in total. The second-order valence-corrected chi connectivity index (χ2v) is 11.3. The average Bonchev–Trinajstić information content (AvgIpc) is 2.90. The first kappa shape index (κ1) is 39.0. The molecule has 0 saturated carbocycles. The second kappa shape index (κ2) is 33.9. The molecule has 0 bridgehead atoms. The Morgan fingerprint density at radius 2 is 0.842 bits per heavy atom. The molecular formula is C33H68N2O3. The Labute approximate surface area is 237 Å². The highest BCUT2D eigenvalue weighted by atomic mass is 16.4. The van der Waals surface area contributed by atoms with Gasteiger partial charge in [0, 0.05) is 6.42 Å². The number of rotatable bonds is 28. The van der Waals surface area contributed by atoms with Gasteiger partial charge in [-0.05, 0) is 26.3 Å². The molecule has 0 aromatic carbocycles. The number of nitrogens with one attached hydrogen (secondary N) is 1. The van der Waals surface area contributed by atoms with E-state index < -0.39 is 12.0 Å². The maximum absolute atomic E-state index is 11.4. The first-order valence-corrected chi connectivity index (χ1v) is 16.7. The van der Waals surface area contributed by atoms with E-state index >= 15 is 0 Å². The van der Waals surface area contributed by atoms with E-state index in [1.165, 1.54) is 155 Å². The van der Waals surface area contributed by atoms with Gasteiger partial charge in [-0.1, -0.05) is 162 Å². The third kappa shape index (κ3) is 34.9. The molecule has 0 aliphatic carbocycles. The van der Waals surface area contributed by atoms with Gasteiger partial charge in [-0.25, -0.2) is 0 Å². The highest BCUT2D eigenvalue weighted by molar-refractivity contribution is 5.83. The molecule has 0 aromatic rings. The van der Waals surface area contributed by atoms with E-state index in [9.17, 15) is 9.59 Å². The summed E-state index contributed by atoms with van der Waals surface area (Å²) < 4.78 is 0. The number of carboxylic acid groups (broad SMARTS) is 1. The van der Waals surface area contributed by atoms with Crippen molar-refractivity contribution in [3.8, 4) is 0 Å². The van der Waals surface area contributed by atoms with E-state index in [4.69, 9.17) is 10.8 Å². The zero-order valence-corrected chi connectivity index (χ0v) is 26.0. The highest BCUT2D eigenvalue weighted by Crippen LogP contribution is 2.14. The number of carbonyl (C=O) groups excluding carboxylic acids is 1. The number of aliphatic carboxylic acids is 1. The van der Waals surface area contributed by atoms with Crippen LogP contribution in [-0.2, 0) is 9.59 Å². The molecule has 4 N–H and O–H groups in total. The van der Waals surface area contributed by atoms with Crippen LogP contribution >= 0.6 is 0 Å². The lowest BCUT2D eigenvalue weighted by Crippen LogP contribution is -2.38. The summed E-state index contributed by atoms with van der Waals surface area (Å²) in [5, 5.41) is 11.1. The Hall–Kier alpha value is -1.10. The van der Waals surface area contributed by atoms with Gasteiger partial charge < -0.3 is 16.2 Å². The highest BCUT2D eigenvalue weighted by Gasteiger charge is 2.13. The fourth-order valence-corrected chi connectivity index (χ4v) is 4.66. The zero-order valence-electron chi connectivity index (χ0n) is 26.0. The minimum Gasteiger partial charge on any atom is -0.480 e. The maximum atomic E-state index is 11.4. The molecule has 5 heteroatoms. The van der Waals surface area contributed by atoms with E-state index in [1.807, 2.05) is 0 Å². The fraction of sp³-hybridized carbons (Fsp3) is 0.939. The Morgan fingerprint density at radius 3 is 1.13 bits per heavy atom. The van der Waals surface area contributed by atoms with Crippen molar-refractivity contribution in [2.24, 2.45) is 5.73 Å². The molecule has 228 valence electrons. The van der Waals surface area contributed by atoms with Crippen molar-refractivity contribution < 1.29 is 14.7 Å². The summed E-state index contributed by atoms with van der Waals surface area (Å²) in [5.74, 6) is -1.14. The van der Waals surface area contributed by atoms with Crippen LogP contribution in [0.5, 0.6) is 0 Å². The Bertz CT molecular complexity index is 469. The van der Waals surface area contributed by atoms with Crippen molar-refractivity contribution in [3.05, 3.63) is 0 Å². The van der Waals surface area contributed by atoms with Gasteiger partial charge in [0.15, 0.2) is 0 Å². The molecule has 38 heavy (non-hydrogen) atoms. The van der Waals surface area contributed by atoms with Crippen molar-refractivity contribution in [1.29, 1.82) is 0 Å². The lowest BCUT2D eigenvalue weighted by molar-refractivity contribution is -0.141. The predicted octanol–water partition coefficient (Wildman–Crippen LogP) is 9.70. The molecule has 0 radical (unpaired) electrons. The summed E-state index contributed by atoms with van der Waals surface area (Å²) in [6.07, 6.45) is 34.2. The summed E-state index contributed by atoms with van der Waals surface area (Å²) in [4.78, 5) is 21.9. The number of carbonyl (C=O) groups is 2. The standard InChI is InChI=1S/C18H39N.C15H29NO3/c1-2-3-4-5-6-7-8-9-10-11-12-13-14-15-16-17-18-19;1-3-4-5-6-7-8-9-10-11-12-14(17)16-13(2)15(18)19/h2-19H2,1H3;13H,3-12H2,1-2H3,(H,16,17)(H,18,19). The van der Waals surface area contributed by atoms with Gasteiger partial charge >= 0.3 is 5.97 Å². The summed E-state index contributed by atoms with van der Waals surface area (Å²) in [6, 6.07) is -0.786. The van der Waals surface area contributed by atoms with Crippen molar-refractivity contribution >= 4 is 11.9 Å². The number of unbranched alkanes of at least 4 members (excludes halogenated alkanes) is 23. The van der Waals surface area contributed by atoms with E-state index in [0.29, 0.717) is 6.42 Å². The number of hydrogen-bond donors (Lipinski definition) is 3. The Morgan fingerprint density at radius 1 is 0.553 bits per heavy atom. The van der Waals surface area contributed by atoms with Crippen LogP contribution in [0.1, 0.15) is 188 Å². The predicted molar refractivity (Wildman–Crippen MR) is 166 cm³/mol. The normalized spacial score (nSPS) is 11.6. The molecule has 0 spiro atoms. The minimum absolute atomic E-state index is 0.155. The molecule has 0 aromatic heterocycles. The number of nitrogens with two attached hydrogens (primary N) is 1. The number of amides is 1. The number of hydrogen-bond acceptors (Lipinski definition) is 3. The minimum atomic E-state index is -0.986. The van der Waals surface area contributed by atoms with Crippen LogP contribution in [0.3, 0.4) is 0 Å². The third-order valence-corrected chi connectivity index (χ3v) is 7.31. The van der Waals surface area contributed by atoms with E-state index in [-0.39, 0.29) is 5.91 Å². The average molecular weight is 541 g/mol. The van der Waals surface area contributed by atoms with Gasteiger partial charge in [0.25, 0.3) is 0 Å². The van der Waals surface area contributed by atoms with Crippen molar-refractivity contribution in [2.45, 2.75) is 194 Å². The fourth-order valence-electron chi connectivity index (χ4n) is 4.66. The first-order chi connectivity index (χ1) is 18.5. The van der Waals surface area contributed by atoms with E-state index in [2.05, 4.69) is 19.2 Å². The second-order valence-electron chi connectivity index (χ2n) is 11.3. The van der Waals surface area contributed by atoms with E-state index in [1.54, 1.807) is 0 Å². The molecule has 0 aliphatic heterocycles. The molecule has 0 saturated heterocycles. The monoisotopic (exact) mass is 541 g/mol. The summed E-state index contributed by atoms with van der Waals surface area (Å²) >= 11 is 0. The van der Waals surface area contributed by atoms with Gasteiger partial charge in [0.1, 0.15) is 6.04 Å². The zero-order chi connectivity index (χ0) is 28.5. The van der Waals surface area contributed by atoms with Gasteiger partial charge in [-0.2, -0.15) is 0 Å². The first-order valence-electron chi connectivity index (χ1n) is 16.7. The lowest BCUT2D eigenvalue weighted by atomic mass is 10.0. The molecule has 0 rings (SSSR count). The summed E-state index contributed by atoms with van der Waals surface area (Å²) in [6.45, 7) is 6.86. The van der Waals surface area contributed by atoms with Gasteiger partial charge in [-0.3, -0.25) is 9.59 Å². The summed E-state index contributed by atoms with van der Waals surface area (Å²) in [7, 11) is 0. The largest absolute Gasteiger partial charge is 0.480 e. The van der Waals surface area contributed by atoms with Crippen LogP contribution in [0.15, 0.2) is 0 Å². The van der Waals surface area contributed by atoms with Gasteiger partial charge in [0.05, 0.1) is 0 Å². The molecule has 0 fully saturated rings. The van der Waals surface area contributed by atoms with Crippen molar-refractivity contribution in [1.82, 2.24) is 5.32 Å². The van der Waals surface area contributed by atoms with Crippen LogP contribution in [0.25, 0.3) is 0 Å². The van der Waals surface area contributed by atoms with Crippen LogP contribution in [0, 0.1) is 0 Å². The van der Waals surface area contributed by atoms with Crippen LogP contribution in [0.4, 0.5) is 0 Å². The SMILES string of the molecule is CCCCCCCCCCCC(=O)NC(C)C(=O)O.CCCCCCCCCCCCCCCCCCN. The molecular weight excluding hydrogens is 472 g/mol. The summed E-state index contributed by atoms with van der Waals surface area (Å²) in [5.41, 5.74) is 5.48. The molecule has 1 amide bonds. The Balaban J connectivity index is 0. The maximum Gasteiger partial charge on any atom is 0.325 e. The smallest absolute Gasteiger partial charge is 0.325 e. The quantitative estimate of drug-likeness (QED) is 0.0861. The van der Waals surface area contributed by atoms with Crippen LogP contribution < -0.4 is 11.1 Å². The third-order valence-electron chi connectivity index (χ3n) is 7.31. The topological polar surface area (TPSA) is 92.4 Å². The number of carboxylic acids is 1. The van der Waals surface area contributed by atoms with Gasteiger partial charge in [-0.15, -0.1) is 0 Å². The molecule has 1 unspecified atom stereocenters. The molecule has 0 aliphatic rings. The van der Waals surface area contributed by atoms with Crippen molar-refractivity contribution in [2.75, 3.05) is 6.54 Å². The molecule has 1 atom stereocenters. The van der Waals surface area contributed by atoms with Crippen molar-refractivity contribution in [3.63, 3.8) is 0 Å². The lowest BCUT2D eigenvalue weighted by Gasteiger charge is -2.08. The Kier molecular flexibility index (Phi) is 34.9. The van der Waals surface area contributed by atoms with Crippen LogP contribution in [-0.4, -0.2) is 29.6 Å². The van der Waals surface area contributed by atoms with E-state index in [0.717, 1.165) is 19.4 Å². The van der Waals surface area contributed by atoms with Gasteiger partial charge in [0.2, 0.25) is 5.91 Å². The van der Waals surface area contributed by atoms with Crippen LogP contribution in [0.2, 0.25) is 0 Å². The molecule has 0 heterocycles.